The van der Waals surface area contributed by atoms with Crippen LogP contribution in [0.15, 0.2) is 308 Å². The molecule has 2 aliphatic heterocycles. The Balaban J connectivity index is 0.000000181. The SMILES string of the molecule is Cc1cc(C)c(B(c2[c-]c(-c3ccnc(-c4ccccc4)n3)ccc2)c2[c-]c(N3[CH-]N(c4ccccc4)C(c4ccccc4)=N3)ccc2)c(C)c1.Cc1cc(C)c(B(c2[c-]c(-c3ncnc(-c4ccccc4)n3)ccc2)c2[c-]c(N3[CH-]N(c4ccccc4)C(c4ccccc4)=N3)ccc2)c(C)c1.[Pt].[Pt]. The Morgan fingerprint density at radius 1 is 0.327 bits per heavy atom. The molecule has 0 amide bonds. The van der Waals surface area contributed by atoms with Crippen molar-refractivity contribution in [1.82, 2.24) is 24.9 Å². The predicted octanol–water partition coefficient (Wildman–Crippen LogP) is 14.7. The monoisotopic (exact) mass is 1700 g/mol. The van der Waals surface area contributed by atoms with Crippen molar-refractivity contribution in [2.45, 2.75) is 41.5 Å². The van der Waals surface area contributed by atoms with Crippen molar-refractivity contribution in [2.75, 3.05) is 19.8 Å². The van der Waals surface area contributed by atoms with Crippen LogP contribution in [0.5, 0.6) is 0 Å². The number of amidine groups is 2. The molecule has 0 aliphatic carbocycles. The maximum absolute atomic E-state index is 5.13. The molecule has 16 rings (SSSR count). The third-order valence-electron chi connectivity index (χ3n) is 18.3. The quantitative estimate of drug-likeness (QED) is 0.0691. The second-order valence-corrected chi connectivity index (χ2v) is 25.6. The Bertz CT molecular complexity index is 4990. The van der Waals surface area contributed by atoms with Gasteiger partial charge in [-0.2, -0.15) is 68.5 Å². The first-order valence-electron chi connectivity index (χ1n) is 34.2. The minimum atomic E-state index is -0.161. The van der Waals surface area contributed by atoms with E-state index in [1.807, 2.05) is 175 Å². The molecule has 104 heavy (non-hydrogen) atoms. The van der Waals surface area contributed by atoms with Gasteiger partial charge in [0.15, 0.2) is 19.2 Å². The average molecular weight is 1700 g/mol. The molecule has 0 atom stereocenters. The van der Waals surface area contributed by atoms with Gasteiger partial charge in [0.2, 0.25) is 0 Å². The Morgan fingerprint density at radius 3 is 1.12 bits per heavy atom. The van der Waals surface area contributed by atoms with E-state index < -0.39 is 0 Å². The number of benzene rings is 12. The molecule has 0 N–H and O–H groups in total. The minimum absolute atomic E-state index is 0. The third kappa shape index (κ3) is 15.6. The number of anilines is 4. The summed E-state index contributed by atoms with van der Waals surface area (Å²) in [7, 11) is 0. The van der Waals surface area contributed by atoms with Gasteiger partial charge in [0.25, 0.3) is 0 Å². The number of para-hydroxylation sites is 2. The standard InChI is InChI=1S/C45H35BN5.C44H34BN6.2Pt/c1-32-27-33(2)43(34(3)28-32)46(38-20-13-19-37(29-38)42-25-26-47-44(48-42)35-15-7-4-8-16-35)39-21-14-24-41(30-39)51-31-50(40-22-11-6-12-23-40)45(49-51)36-17-9-5-10-18-36;1-31-25-32(2)41(33(3)26-31)45(37-20-13-19-36(27-37)43-47-29-46-42(48-43)34-15-7-4-8-16-34)38-21-14-24-40(28-38)51-30-50(39-22-11-6-12-23-39)44(49-51)35-17-9-5-10-18-35;;/h4-28,31H,1-3H3;4-26,29-30H,1-3H3;;/q2*-3;;. The number of rotatable bonds is 16. The molecule has 0 saturated carbocycles. The molecule has 2 aliphatic rings. The first-order valence-corrected chi connectivity index (χ1v) is 34.2. The molecular weight excluding hydrogens is 1630 g/mol. The zero-order valence-electron chi connectivity index (χ0n) is 58.2. The molecule has 15 heteroatoms. The van der Waals surface area contributed by atoms with Crippen molar-refractivity contribution in [1.29, 1.82) is 0 Å². The smallest absolute Gasteiger partial charge is 0.198 e. The number of aromatic nitrogens is 5. The Labute approximate surface area is 639 Å². The maximum Gasteiger partial charge on any atom is 0.198 e. The molecular formula is C89H69B2N11Pt2-6. The normalized spacial score (nSPS) is 12.3. The summed E-state index contributed by atoms with van der Waals surface area (Å²) in [6.07, 6.45) is 3.40. The van der Waals surface area contributed by atoms with Gasteiger partial charge < -0.3 is 19.8 Å². The van der Waals surface area contributed by atoms with Gasteiger partial charge in [-0.25, -0.2) is 9.97 Å². The predicted molar refractivity (Wildman–Crippen MR) is 420 cm³/mol. The molecule has 0 saturated heterocycles. The Hall–Kier alpha value is -11.2. The van der Waals surface area contributed by atoms with Crippen molar-refractivity contribution in [3.05, 3.63) is 380 Å². The van der Waals surface area contributed by atoms with Crippen molar-refractivity contribution in [3.8, 4) is 45.4 Å². The Morgan fingerprint density at radius 2 is 0.683 bits per heavy atom. The van der Waals surface area contributed by atoms with Crippen LogP contribution in [0.25, 0.3) is 45.4 Å². The van der Waals surface area contributed by atoms with Crippen LogP contribution in [0.3, 0.4) is 0 Å². The summed E-state index contributed by atoms with van der Waals surface area (Å²) in [5, 5.41) is 14.1. The number of aryl methyl sites for hydroxylation is 6. The zero-order valence-corrected chi connectivity index (χ0v) is 62.7. The fourth-order valence-corrected chi connectivity index (χ4v) is 13.8. The maximum atomic E-state index is 5.13. The van der Waals surface area contributed by atoms with Crippen molar-refractivity contribution >= 4 is 80.6 Å². The zero-order chi connectivity index (χ0) is 69.5. The van der Waals surface area contributed by atoms with Gasteiger partial charge in [0, 0.05) is 82.0 Å². The summed E-state index contributed by atoms with van der Waals surface area (Å²) in [6, 6.07) is 113. The van der Waals surface area contributed by atoms with Crippen molar-refractivity contribution < 1.29 is 42.1 Å². The van der Waals surface area contributed by atoms with Crippen LogP contribution in [-0.4, -0.2) is 50.0 Å². The van der Waals surface area contributed by atoms with Crippen LogP contribution < -0.4 is 52.6 Å². The molecule has 0 radical (unpaired) electrons. The second-order valence-electron chi connectivity index (χ2n) is 25.6. The van der Waals surface area contributed by atoms with Crippen molar-refractivity contribution in [3.63, 3.8) is 0 Å². The van der Waals surface area contributed by atoms with E-state index in [0.29, 0.717) is 17.5 Å². The summed E-state index contributed by atoms with van der Waals surface area (Å²) in [6.45, 7) is 16.9. The molecule has 0 bridgehead atoms. The van der Waals surface area contributed by atoms with E-state index in [2.05, 4.69) is 230 Å². The summed E-state index contributed by atoms with van der Waals surface area (Å²) < 4.78 is 0. The summed E-state index contributed by atoms with van der Waals surface area (Å²) in [5.41, 5.74) is 24.2. The van der Waals surface area contributed by atoms with E-state index in [9.17, 15) is 0 Å². The van der Waals surface area contributed by atoms with E-state index in [4.69, 9.17) is 20.2 Å². The van der Waals surface area contributed by atoms with Gasteiger partial charge in [-0.05, 0) is 71.5 Å². The largest absolute Gasteiger partial charge is 0.456 e. The molecule has 12 aromatic carbocycles. The van der Waals surface area contributed by atoms with Gasteiger partial charge in [-0.3, -0.25) is 15.0 Å². The summed E-state index contributed by atoms with van der Waals surface area (Å²) in [4.78, 5) is 27.6. The van der Waals surface area contributed by atoms with E-state index >= 15 is 0 Å². The fraction of sp³-hybridized carbons (Fsp3) is 0.0674. The molecule has 0 fully saturated rings. The van der Waals surface area contributed by atoms with Crippen LogP contribution in [0.1, 0.15) is 44.5 Å². The Kier molecular flexibility index (Phi) is 22.2. The first-order chi connectivity index (χ1) is 50.0. The van der Waals surface area contributed by atoms with E-state index in [0.717, 1.165) is 95.3 Å². The van der Waals surface area contributed by atoms with Crippen LogP contribution in [0.4, 0.5) is 22.7 Å². The number of nitrogens with zero attached hydrogens (tertiary/aromatic N) is 11. The minimum Gasteiger partial charge on any atom is -0.456 e. The van der Waals surface area contributed by atoms with Crippen LogP contribution >= 0.6 is 0 Å². The van der Waals surface area contributed by atoms with Crippen molar-refractivity contribution in [2.24, 2.45) is 10.2 Å². The molecule has 2 aromatic heterocycles. The van der Waals surface area contributed by atoms with Gasteiger partial charge in [0.1, 0.15) is 23.8 Å². The van der Waals surface area contributed by atoms with E-state index in [1.54, 1.807) is 6.33 Å². The number of hydrogen-bond acceptors (Lipinski definition) is 11. The fourth-order valence-electron chi connectivity index (χ4n) is 13.8. The molecule has 4 heterocycles. The van der Waals surface area contributed by atoms with E-state index in [-0.39, 0.29) is 55.6 Å². The van der Waals surface area contributed by atoms with Crippen LogP contribution in [-0.2, 0) is 42.1 Å². The first kappa shape index (κ1) is 71.2. The third-order valence-corrected chi connectivity index (χ3v) is 18.3. The van der Waals surface area contributed by atoms with Gasteiger partial charge in [-0.15, -0.1) is 85.1 Å². The topological polar surface area (TPSA) is 102 Å². The molecule has 14 aromatic rings. The van der Waals surface area contributed by atoms with Crippen LogP contribution in [0.2, 0.25) is 0 Å². The van der Waals surface area contributed by atoms with Crippen LogP contribution in [0, 0.1) is 79.1 Å². The molecule has 0 spiro atoms. The van der Waals surface area contributed by atoms with E-state index in [1.165, 1.54) is 44.3 Å². The van der Waals surface area contributed by atoms with Gasteiger partial charge in [0.05, 0.1) is 5.82 Å². The van der Waals surface area contributed by atoms with Gasteiger partial charge >= 0.3 is 0 Å². The number of hydrazone groups is 2. The average Bonchev–Trinajstić information content (AvgIpc) is 1.16. The second kappa shape index (κ2) is 32.4. The molecule has 0 unspecified atom stereocenters. The summed E-state index contributed by atoms with van der Waals surface area (Å²) >= 11 is 0. The summed E-state index contributed by atoms with van der Waals surface area (Å²) in [5.74, 6) is 3.59. The van der Waals surface area contributed by atoms with Gasteiger partial charge in [-0.1, -0.05) is 244 Å². The number of hydrogen-bond donors (Lipinski definition) is 0. The molecule has 512 valence electrons. The molecule has 11 nitrogen and oxygen atoms in total.